The predicted octanol–water partition coefficient (Wildman–Crippen LogP) is 0.0409. The molecule has 1 heterocycles. The molecule has 8 heteroatoms. The lowest BCUT2D eigenvalue weighted by Gasteiger charge is -2.33. The van der Waals surface area contributed by atoms with Gasteiger partial charge in [-0.1, -0.05) is 12.1 Å². The first-order valence-electron chi connectivity index (χ1n) is 6.76. The van der Waals surface area contributed by atoms with Crippen LogP contribution in [0.25, 0.3) is 0 Å². The monoisotopic (exact) mass is 323 g/mol. The number of benzene rings is 1. The van der Waals surface area contributed by atoms with E-state index >= 15 is 0 Å². The summed E-state index contributed by atoms with van der Waals surface area (Å²) >= 11 is 0. The second kappa shape index (κ2) is 6.77. The van der Waals surface area contributed by atoms with Gasteiger partial charge in [-0.05, 0) is 12.1 Å². The SMILES string of the molecule is CS(=O)(=O)N1CCN(C(=O)COc2ccccc2C#N)CC1. The van der Waals surface area contributed by atoms with Gasteiger partial charge < -0.3 is 9.64 Å². The van der Waals surface area contributed by atoms with Crippen molar-refractivity contribution in [3.63, 3.8) is 0 Å². The van der Waals surface area contributed by atoms with Crippen molar-refractivity contribution in [3.8, 4) is 11.8 Å². The average Bonchev–Trinajstić information content (AvgIpc) is 2.52. The van der Waals surface area contributed by atoms with E-state index in [2.05, 4.69) is 0 Å². The average molecular weight is 323 g/mol. The highest BCUT2D eigenvalue weighted by Gasteiger charge is 2.26. The maximum atomic E-state index is 12.1. The fourth-order valence-electron chi connectivity index (χ4n) is 2.18. The molecule has 118 valence electrons. The van der Waals surface area contributed by atoms with Crippen LogP contribution in [0.15, 0.2) is 24.3 Å². The molecule has 0 bridgehead atoms. The predicted molar refractivity (Wildman–Crippen MR) is 79.6 cm³/mol. The van der Waals surface area contributed by atoms with Gasteiger partial charge in [-0.15, -0.1) is 0 Å². The Balaban J connectivity index is 1.88. The summed E-state index contributed by atoms with van der Waals surface area (Å²) in [6.07, 6.45) is 1.16. The van der Waals surface area contributed by atoms with E-state index in [1.807, 2.05) is 6.07 Å². The van der Waals surface area contributed by atoms with E-state index in [1.54, 1.807) is 29.2 Å². The van der Waals surface area contributed by atoms with E-state index in [4.69, 9.17) is 10.00 Å². The molecule has 1 aliphatic rings. The van der Waals surface area contributed by atoms with Crippen molar-refractivity contribution in [3.05, 3.63) is 29.8 Å². The topological polar surface area (TPSA) is 90.7 Å². The molecule has 0 spiro atoms. The molecule has 0 aromatic heterocycles. The maximum absolute atomic E-state index is 12.1. The highest BCUT2D eigenvalue weighted by atomic mass is 32.2. The Kier molecular flexibility index (Phi) is 5.00. The number of hydrogen-bond acceptors (Lipinski definition) is 5. The van der Waals surface area contributed by atoms with Gasteiger partial charge in [-0.25, -0.2) is 8.42 Å². The normalized spacial score (nSPS) is 16.1. The number of para-hydroxylation sites is 1. The third kappa shape index (κ3) is 3.96. The number of amides is 1. The van der Waals surface area contributed by atoms with Gasteiger partial charge >= 0.3 is 0 Å². The number of nitrogens with zero attached hydrogens (tertiary/aromatic N) is 3. The quantitative estimate of drug-likeness (QED) is 0.780. The van der Waals surface area contributed by atoms with E-state index in [0.29, 0.717) is 37.5 Å². The number of hydrogen-bond donors (Lipinski definition) is 0. The van der Waals surface area contributed by atoms with Gasteiger partial charge in [0.25, 0.3) is 5.91 Å². The zero-order valence-electron chi connectivity index (χ0n) is 12.2. The van der Waals surface area contributed by atoms with Gasteiger partial charge in [0.15, 0.2) is 6.61 Å². The van der Waals surface area contributed by atoms with E-state index in [9.17, 15) is 13.2 Å². The minimum atomic E-state index is -3.21. The van der Waals surface area contributed by atoms with Crippen molar-refractivity contribution in [1.29, 1.82) is 5.26 Å². The highest BCUT2D eigenvalue weighted by Crippen LogP contribution is 2.16. The summed E-state index contributed by atoms with van der Waals surface area (Å²) < 4.78 is 29.6. The Morgan fingerprint density at radius 1 is 1.27 bits per heavy atom. The molecule has 0 saturated carbocycles. The van der Waals surface area contributed by atoms with Crippen molar-refractivity contribution in [1.82, 2.24) is 9.21 Å². The first kappa shape index (κ1) is 16.3. The summed E-state index contributed by atoms with van der Waals surface area (Å²) in [4.78, 5) is 13.6. The smallest absolute Gasteiger partial charge is 0.260 e. The fraction of sp³-hybridized carbons (Fsp3) is 0.429. The summed E-state index contributed by atoms with van der Waals surface area (Å²) in [5.74, 6) is 0.147. The van der Waals surface area contributed by atoms with Crippen LogP contribution in [-0.4, -0.2) is 62.6 Å². The van der Waals surface area contributed by atoms with E-state index in [-0.39, 0.29) is 12.5 Å². The van der Waals surface area contributed by atoms with Crippen LogP contribution in [-0.2, 0) is 14.8 Å². The molecule has 0 atom stereocenters. The van der Waals surface area contributed by atoms with Crippen LogP contribution in [0.2, 0.25) is 0 Å². The number of ether oxygens (including phenoxy) is 1. The Bertz CT molecular complexity index is 688. The molecule has 2 rings (SSSR count). The number of nitriles is 1. The Hall–Kier alpha value is -2.11. The Morgan fingerprint density at radius 3 is 2.50 bits per heavy atom. The minimum absolute atomic E-state index is 0.169. The van der Waals surface area contributed by atoms with E-state index < -0.39 is 10.0 Å². The molecule has 0 aliphatic carbocycles. The minimum Gasteiger partial charge on any atom is -0.482 e. The van der Waals surface area contributed by atoms with Gasteiger partial charge in [0.05, 0.1) is 11.8 Å². The molecule has 1 aromatic rings. The molecular formula is C14H17N3O4S. The van der Waals surface area contributed by atoms with Crippen LogP contribution >= 0.6 is 0 Å². The van der Waals surface area contributed by atoms with Crippen molar-refractivity contribution in [2.45, 2.75) is 0 Å². The molecule has 0 N–H and O–H groups in total. The first-order chi connectivity index (χ1) is 10.4. The van der Waals surface area contributed by atoms with Crippen LogP contribution in [0, 0.1) is 11.3 Å². The molecule has 1 aliphatic heterocycles. The zero-order valence-corrected chi connectivity index (χ0v) is 13.0. The first-order valence-corrected chi connectivity index (χ1v) is 8.61. The second-order valence-corrected chi connectivity index (χ2v) is 6.92. The van der Waals surface area contributed by atoms with Gasteiger partial charge in [0.2, 0.25) is 10.0 Å². The van der Waals surface area contributed by atoms with Crippen LogP contribution in [0.3, 0.4) is 0 Å². The number of piperazine rings is 1. The van der Waals surface area contributed by atoms with E-state index in [1.165, 1.54) is 4.31 Å². The molecule has 1 saturated heterocycles. The number of carbonyl (C=O) groups is 1. The van der Waals surface area contributed by atoms with Crippen molar-refractivity contribution >= 4 is 15.9 Å². The number of rotatable bonds is 4. The van der Waals surface area contributed by atoms with Gasteiger partial charge in [0, 0.05) is 26.2 Å². The number of sulfonamides is 1. The molecular weight excluding hydrogens is 306 g/mol. The fourth-order valence-corrected chi connectivity index (χ4v) is 3.01. The molecule has 7 nitrogen and oxygen atoms in total. The highest BCUT2D eigenvalue weighted by molar-refractivity contribution is 7.88. The molecule has 1 aromatic carbocycles. The maximum Gasteiger partial charge on any atom is 0.260 e. The van der Waals surface area contributed by atoms with Crippen LogP contribution in [0.1, 0.15) is 5.56 Å². The van der Waals surface area contributed by atoms with Crippen LogP contribution in [0.4, 0.5) is 0 Å². The molecule has 0 unspecified atom stereocenters. The largest absolute Gasteiger partial charge is 0.482 e. The lowest BCUT2D eigenvalue weighted by molar-refractivity contribution is -0.134. The van der Waals surface area contributed by atoms with Crippen molar-refractivity contribution < 1.29 is 17.9 Å². The molecule has 22 heavy (non-hydrogen) atoms. The standard InChI is InChI=1S/C14H17N3O4S/c1-22(19,20)17-8-6-16(7-9-17)14(18)11-21-13-5-3-2-4-12(13)10-15/h2-5H,6-9,11H2,1H3. The Labute approximate surface area is 129 Å². The molecule has 1 fully saturated rings. The number of carbonyl (C=O) groups excluding carboxylic acids is 1. The summed E-state index contributed by atoms with van der Waals surface area (Å²) in [6.45, 7) is 1.10. The Morgan fingerprint density at radius 2 is 1.91 bits per heavy atom. The summed E-state index contributed by atoms with van der Waals surface area (Å²) in [7, 11) is -3.21. The van der Waals surface area contributed by atoms with Crippen molar-refractivity contribution in [2.75, 3.05) is 39.0 Å². The second-order valence-electron chi connectivity index (χ2n) is 4.94. The summed E-state index contributed by atoms with van der Waals surface area (Å²) in [6, 6.07) is 8.69. The summed E-state index contributed by atoms with van der Waals surface area (Å²) in [5.41, 5.74) is 0.372. The van der Waals surface area contributed by atoms with Crippen LogP contribution in [0.5, 0.6) is 5.75 Å². The lowest BCUT2D eigenvalue weighted by Crippen LogP contribution is -2.51. The third-order valence-corrected chi connectivity index (χ3v) is 4.72. The van der Waals surface area contributed by atoms with E-state index in [0.717, 1.165) is 6.26 Å². The van der Waals surface area contributed by atoms with Crippen molar-refractivity contribution in [2.24, 2.45) is 0 Å². The lowest BCUT2D eigenvalue weighted by atomic mass is 10.2. The van der Waals surface area contributed by atoms with Crippen LogP contribution < -0.4 is 4.74 Å². The summed E-state index contributed by atoms with van der Waals surface area (Å²) in [5, 5.41) is 8.95. The van der Waals surface area contributed by atoms with Gasteiger partial charge in [-0.3, -0.25) is 4.79 Å². The molecule has 0 radical (unpaired) electrons. The van der Waals surface area contributed by atoms with Gasteiger partial charge in [-0.2, -0.15) is 9.57 Å². The third-order valence-electron chi connectivity index (χ3n) is 3.42. The zero-order chi connectivity index (χ0) is 16.2. The molecule has 1 amide bonds. The van der Waals surface area contributed by atoms with Gasteiger partial charge in [0.1, 0.15) is 11.8 Å².